The lowest BCUT2D eigenvalue weighted by Gasteiger charge is -2.18. The Balaban J connectivity index is 1.79. The molecule has 1 atom stereocenters. The van der Waals surface area contributed by atoms with Gasteiger partial charge in [-0.1, -0.05) is 11.6 Å². The van der Waals surface area contributed by atoms with E-state index in [0.717, 1.165) is 28.9 Å². The maximum absolute atomic E-state index is 12.8. The molecule has 0 saturated carbocycles. The molecule has 3 rings (SSSR count). The quantitative estimate of drug-likeness (QED) is 0.432. The lowest BCUT2D eigenvalue weighted by atomic mass is 10.1. The van der Waals surface area contributed by atoms with Crippen LogP contribution in [-0.2, 0) is 17.5 Å². The Bertz CT molecular complexity index is 1220. The number of ether oxygens (including phenoxy) is 1. The summed E-state index contributed by atoms with van der Waals surface area (Å²) in [7, 11) is 3.68. The van der Waals surface area contributed by atoms with Crippen molar-refractivity contribution in [2.75, 3.05) is 27.2 Å². The molecule has 0 aliphatic carbocycles. The minimum atomic E-state index is -4.49. The van der Waals surface area contributed by atoms with Crippen LogP contribution < -0.4 is 10.5 Å². The van der Waals surface area contributed by atoms with Gasteiger partial charge in [0, 0.05) is 16.1 Å². The molecule has 0 saturated heterocycles. The van der Waals surface area contributed by atoms with Crippen molar-refractivity contribution in [1.82, 2.24) is 14.7 Å². The van der Waals surface area contributed by atoms with Crippen molar-refractivity contribution in [2.45, 2.75) is 19.1 Å². The highest BCUT2D eigenvalue weighted by Gasteiger charge is 2.30. The first-order valence-corrected chi connectivity index (χ1v) is 10.9. The van der Waals surface area contributed by atoms with Crippen molar-refractivity contribution >= 4 is 17.6 Å². The van der Waals surface area contributed by atoms with E-state index >= 15 is 0 Å². The number of nitrogens with zero attached hydrogens (tertiary/aromatic N) is 3. The van der Waals surface area contributed by atoms with Crippen molar-refractivity contribution in [3.63, 3.8) is 0 Å². The van der Waals surface area contributed by atoms with E-state index in [2.05, 4.69) is 5.10 Å². The first kappa shape index (κ1) is 26.3. The lowest BCUT2D eigenvalue weighted by Crippen LogP contribution is -2.26. The monoisotopic (exact) mass is 513 g/mol. The third-order valence-electron chi connectivity index (χ3n) is 5.12. The lowest BCUT2D eigenvalue weighted by molar-refractivity contribution is -0.143. The van der Waals surface area contributed by atoms with Gasteiger partial charge in [0.25, 0.3) is 0 Å². The molecular weight excluding hydrogens is 491 g/mol. The molecular formula is C23H23ClF3N3O5. The van der Waals surface area contributed by atoms with Crippen LogP contribution >= 0.6 is 11.6 Å². The van der Waals surface area contributed by atoms with Gasteiger partial charge < -0.3 is 19.2 Å². The van der Waals surface area contributed by atoms with Crippen LogP contribution in [0.5, 0.6) is 5.75 Å². The predicted octanol–water partition coefficient (Wildman–Crippen LogP) is 4.26. The van der Waals surface area contributed by atoms with E-state index in [-0.39, 0.29) is 24.6 Å². The van der Waals surface area contributed by atoms with Gasteiger partial charge in [-0.3, -0.25) is 4.79 Å². The fourth-order valence-electron chi connectivity index (χ4n) is 3.18. The van der Waals surface area contributed by atoms with Gasteiger partial charge in [-0.2, -0.15) is 17.9 Å². The second kappa shape index (κ2) is 11.0. The Morgan fingerprint density at radius 2 is 1.91 bits per heavy atom. The molecule has 188 valence electrons. The zero-order chi connectivity index (χ0) is 25.8. The number of benzene rings is 2. The van der Waals surface area contributed by atoms with E-state index < -0.39 is 29.4 Å². The van der Waals surface area contributed by atoms with Gasteiger partial charge in [-0.25, -0.2) is 4.79 Å². The standard InChI is InChI=1S/C23H23ClF3N3O5/c1-29(2)10-9-15(21(31)32)13-34-19-8-7-18(24)11-16(19)12-30-22(33)35-20(28-30)14-3-5-17(6-4-14)23(25,26)27/h3-8,11,15H,9-10,12-13H2,1-2H3,(H,31,32). The van der Waals surface area contributed by atoms with Gasteiger partial charge in [-0.15, -0.1) is 5.10 Å². The predicted molar refractivity (Wildman–Crippen MR) is 122 cm³/mol. The zero-order valence-electron chi connectivity index (χ0n) is 18.9. The average molecular weight is 514 g/mol. The Kier molecular flexibility index (Phi) is 8.23. The molecule has 12 heteroatoms. The topological polar surface area (TPSA) is 97.8 Å². The summed E-state index contributed by atoms with van der Waals surface area (Å²) in [6.07, 6.45) is -4.11. The van der Waals surface area contributed by atoms with Crippen LogP contribution in [0.4, 0.5) is 13.2 Å². The minimum Gasteiger partial charge on any atom is -0.492 e. The van der Waals surface area contributed by atoms with Crippen molar-refractivity contribution in [3.8, 4) is 17.2 Å². The summed E-state index contributed by atoms with van der Waals surface area (Å²) < 4.78 is 50.2. The highest BCUT2D eigenvalue weighted by molar-refractivity contribution is 6.30. The van der Waals surface area contributed by atoms with Gasteiger partial charge in [-0.05, 0) is 69.5 Å². The molecule has 0 aliphatic heterocycles. The molecule has 0 amide bonds. The van der Waals surface area contributed by atoms with Crippen LogP contribution in [0.2, 0.25) is 5.02 Å². The fourth-order valence-corrected chi connectivity index (χ4v) is 3.38. The van der Waals surface area contributed by atoms with Crippen LogP contribution in [0.3, 0.4) is 0 Å². The second-order valence-corrected chi connectivity index (χ2v) is 8.53. The Morgan fingerprint density at radius 1 is 1.23 bits per heavy atom. The number of hydrogen-bond acceptors (Lipinski definition) is 6. The number of rotatable bonds is 10. The number of aliphatic carboxylic acids is 1. The molecule has 0 aliphatic rings. The van der Waals surface area contributed by atoms with Crippen LogP contribution in [0.1, 0.15) is 17.5 Å². The number of aromatic nitrogens is 2. The number of carboxylic acid groups (broad SMARTS) is 1. The summed E-state index contributed by atoms with van der Waals surface area (Å²) in [5.41, 5.74) is -0.195. The Hall–Kier alpha value is -3.31. The average Bonchev–Trinajstić information content (AvgIpc) is 3.14. The SMILES string of the molecule is CN(C)CCC(COc1ccc(Cl)cc1Cn1nc(-c2ccc(C(F)(F)F)cc2)oc1=O)C(=O)O. The van der Waals surface area contributed by atoms with E-state index in [1.165, 1.54) is 0 Å². The molecule has 1 aromatic heterocycles. The normalized spacial score (nSPS) is 12.7. The number of alkyl halides is 3. The Labute approximate surface area is 203 Å². The maximum atomic E-state index is 12.8. The minimum absolute atomic E-state index is 0.0949. The van der Waals surface area contributed by atoms with Crippen molar-refractivity contribution in [3.05, 3.63) is 69.2 Å². The molecule has 2 aromatic carbocycles. The van der Waals surface area contributed by atoms with Gasteiger partial charge in [0.15, 0.2) is 0 Å². The van der Waals surface area contributed by atoms with E-state index in [4.69, 9.17) is 20.8 Å². The molecule has 0 spiro atoms. The van der Waals surface area contributed by atoms with E-state index in [1.54, 1.807) is 18.2 Å². The van der Waals surface area contributed by atoms with Gasteiger partial charge in [0.1, 0.15) is 12.4 Å². The van der Waals surface area contributed by atoms with Crippen LogP contribution in [0.15, 0.2) is 51.7 Å². The molecule has 0 bridgehead atoms. The third kappa shape index (κ3) is 7.09. The van der Waals surface area contributed by atoms with Crippen LogP contribution in [-0.4, -0.2) is 53.0 Å². The summed E-state index contributed by atoms with van der Waals surface area (Å²) >= 11 is 6.09. The van der Waals surface area contributed by atoms with Crippen molar-refractivity contribution in [1.29, 1.82) is 0 Å². The van der Waals surface area contributed by atoms with Gasteiger partial charge in [0.05, 0.1) is 18.0 Å². The van der Waals surface area contributed by atoms with Crippen molar-refractivity contribution in [2.24, 2.45) is 5.92 Å². The summed E-state index contributed by atoms with van der Waals surface area (Å²) in [6, 6.07) is 8.72. The number of hydrogen-bond donors (Lipinski definition) is 1. The number of carbonyl (C=O) groups is 1. The fraction of sp³-hybridized carbons (Fsp3) is 0.348. The third-order valence-corrected chi connectivity index (χ3v) is 5.36. The molecule has 0 fully saturated rings. The highest BCUT2D eigenvalue weighted by Crippen LogP contribution is 2.30. The van der Waals surface area contributed by atoms with Gasteiger partial charge >= 0.3 is 17.9 Å². The molecule has 3 aromatic rings. The molecule has 35 heavy (non-hydrogen) atoms. The highest BCUT2D eigenvalue weighted by atomic mass is 35.5. The van der Waals surface area contributed by atoms with Crippen LogP contribution in [0.25, 0.3) is 11.5 Å². The van der Waals surface area contributed by atoms with E-state index in [1.807, 2.05) is 19.0 Å². The first-order chi connectivity index (χ1) is 16.4. The largest absolute Gasteiger partial charge is 0.492 e. The van der Waals surface area contributed by atoms with Gasteiger partial charge in [0.2, 0.25) is 5.89 Å². The van der Waals surface area contributed by atoms with E-state index in [0.29, 0.717) is 29.3 Å². The van der Waals surface area contributed by atoms with Crippen molar-refractivity contribution < 1.29 is 32.2 Å². The van der Waals surface area contributed by atoms with Crippen LogP contribution in [0, 0.1) is 5.92 Å². The molecule has 0 radical (unpaired) electrons. The summed E-state index contributed by atoms with van der Waals surface area (Å²) in [5, 5.41) is 13.9. The summed E-state index contributed by atoms with van der Waals surface area (Å²) in [4.78, 5) is 25.8. The maximum Gasteiger partial charge on any atom is 0.437 e. The second-order valence-electron chi connectivity index (χ2n) is 8.10. The molecule has 1 heterocycles. The smallest absolute Gasteiger partial charge is 0.437 e. The molecule has 1 unspecified atom stereocenters. The summed E-state index contributed by atoms with van der Waals surface area (Å²) in [5.74, 6) is -2.40. The Morgan fingerprint density at radius 3 is 2.51 bits per heavy atom. The van der Waals surface area contributed by atoms with E-state index in [9.17, 15) is 27.9 Å². The molecule has 8 nitrogen and oxygen atoms in total. The number of halogens is 4. The summed E-state index contributed by atoms with van der Waals surface area (Å²) in [6.45, 7) is 0.353. The number of carboxylic acids is 1. The zero-order valence-corrected chi connectivity index (χ0v) is 19.6. The molecule has 1 N–H and O–H groups in total. The first-order valence-electron chi connectivity index (χ1n) is 10.5.